The van der Waals surface area contributed by atoms with Crippen LogP contribution in [-0.2, 0) is 14.3 Å². The van der Waals surface area contributed by atoms with Crippen LogP contribution < -0.4 is 5.32 Å². The average molecular weight is 437 g/mol. The number of aromatic nitrogens is 1. The zero-order valence-electron chi connectivity index (χ0n) is 18.9. The first kappa shape index (κ1) is 23.2. The topological polar surface area (TPSA) is 94.6 Å². The molecule has 3 rings (SSSR count). The Morgan fingerprint density at radius 2 is 1.88 bits per heavy atom. The molecule has 2 aromatic rings. The van der Waals surface area contributed by atoms with E-state index in [0.717, 1.165) is 22.3 Å². The number of nitrogens with one attached hydrogen (secondary N) is 1. The molecule has 1 N–H and O–H groups in total. The van der Waals surface area contributed by atoms with Crippen LogP contribution in [0.5, 0.6) is 0 Å². The second kappa shape index (κ2) is 10.2. The Kier molecular flexibility index (Phi) is 7.41. The Labute approximate surface area is 187 Å². The molecule has 0 spiro atoms. The first-order valence-corrected chi connectivity index (χ1v) is 10.7. The van der Waals surface area contributed by atoms with Gasteiger partial charge in [0.2, 0.25) is 0 Å². The quantitative estimate of drug-likeness (QED) is 0.651. The molecule has 7 nitrogen and oxygen atoms in total. The number of hydrogen-bond donors (Lipinski definition) is 1. The van der Waals surface area contributed by atoms with Crippen molar-refractivity contribution in [3.05, 3.63) is 70.2 Å². The van der Waals surface area contributed by atoms with Gasteiger partial charge in [0.1, 0.15) is 11.5 Å². The highest BCUT2D eigenvalue weighted by Crippen LogP contribution is 2.40. The van der Waals surface area contributed by atoms with Gasteiger partial charge >= 0.3 is 6.16 Å². The van der Waals surface area contributed by atoms with E-state index in [2.05, 4.69) is 10.3 Å². The minimum Gasteiger partial charge on any atom is -0.434 e. The number of carbonyl (C=O) groups is 3. The summed E-state index contributed by atoms with van der Waals surface area (Å²) >= 11 is 0. The third kappa shape index (κ3) is 5.22. The van der Waals surface area contributed by atoms with Crippen molar-refractivity contribution in [2.75, 3.05) is 13.2 Å². The fourth-order valence-electron chi connectivity index (χ4n) is 4.12. The number of ether oxygens (including phenoxy) is 2. The fourth-order valence-corrected chi connectivity index (χ4v) is 4.12. The molecule has 0 fully saturated rings. The second-order valence-electron chi connectivity index (χ2n) is 7.88. The summed E-state index contributed by atoms with van der Waals surface area (Å²) in [6, 6.07) is 9.12. The molecule has 0 saturated heterocycles. The van der Waals surface area contributed by atoms with Crippen LogP contribution in [0.4, 0.5) is 4.79 Å². The number of nitrogens with zero attached hydrogens (tertiary/aromatic N) is 1. The zero-order chi connectivity index (χ0) is 23.3. The summed E-state index contributed by atoms with van der Waals surface area (Å²) in [6.45, 7) is 8.06. The van der Waals surface area contributed by atoms with Crippen molar-refractivity contribution < 1.29 is 23.9 Å². The van der Waals surface area contributed by atoms with Crippen molar-refractivity contribution in [3.8, 4) is 0 Å². The highest BCUT2D eigenvalue weighted by Gasteiger charge is 2.37. The lowest BCUT2D eigenvalue weighted by molar-refractivity contribution is -0.116. The third-order valence-corrected chi connectivity index (χ3v) is 5.40. The number of rotatable bonds is 7. The van der Waals surface area contributed by atoms with Gasteiger partial charge in [-0.3, -0.25) is 14.6 Å². The van der Waals surface area contributed by atoms with Crippen LogP contribution in [0.1, 0.15) is 52.5 Å². The summed E-state index contributed by atoms with van der Waals surface area (Å²) in [5.74, 6) is -0.466. The summed E-state index contributed by atoms with van der Waals surface area (Å²) < 4.78 is 10.4. The third-order valence-electron chi connectivity index (χ3n) is 5.40. The Morgan fingerprint density at radius 1 is 1.16 bits per heavy atom. The molecule has 1 aliphatic carbocycles. The van der Waals surface area contributed by atoms with E-state index in [1.54, 1.807) is 31.3 Å². The first-order valence-electron chi connectivity index (χ1n) is 10.7. The molecule has 1 amide bonds. The van der Waals surface area contributed by atoms with E-state index in [0.29, 0.717) is 30.0 Å². The average Bonchev–Trinajstić information content (AvgIpc) is 3.03. The van der Waals surface area contributed by atoms with Crippen LogP contribution in [0.3, 0.4) is 0 Å². The molecule has 0 radical (unpaired) electrons. The van der Waals surface area contributed by atoms with Crippen LogP contribution >= 0.6 is 0 Å². The fraction of sp³-hybridized carbons (Fsp3) is 0.360. The summed E-state index contributed by atoms with van der Waals surface area (Å²) in [4.78, 5) is 41.7. The molecule has 1 aromatic carbocycles. The number of hydrogen-bond acceptors (Lipinski definition) is 6. The molecule has 1 atom stereocenters. The predicted octanol–water partition coefficient (Wildman–Crippen LogP) is 4.30. The number of Topliss-reactive ketones (excluding diaryl/α,β-unsaturated/α-hetero) is 1. The van der Waals surface area contributed by atoms with Crippen molar-refractivity contribution in [2.45, 2.75) is 40.5 Å². The lowest BCUT2D eigenvalue weighted by Gasteiger charge is -2.14. The Morgan fingerprint density at radius 3 is 2.50 bits per heavy atom. The first-order chi connectivity index (χ1) is 15.3. The molecule has 0 saturated carbocycles. The van der Waals surface area contributed by atoms with Gasteiger partial charge in [0, 0.05) is 25.1 Å². The summed E-state index contributed by atoms with van der Waals surface area (Å²) in [6.07, 6.45) is 1.43. The molecular weight excluding hydrogens is 408 g/mol. The van der Waals surface area contributed by atoms with E-state index in [9.17, 15) is 14.4 Å². The van der Waals surface area contributed by atoms with Gasteiger partial charge < -0.3 is 14.8 Å². The molecule has 168 valence electrons. The molecule has 1 heterocycles. The van der Waals surface area contributed by atoms with Crippen LogP contribution in [0.25, 0.3) is 5.57 Å². The van der Waals surface area contributed by atoms with Gasteiger partial charge in [-0.1, -0.05) is 23.8 Å². The molecule has 7 heteroatoms. The van der Waals surface area contributed by atoms with Crippen molar-refractivity contribution in [1.29, 1.82) is 0 Å². The van der Waals surface area contributed by atoms with Gasteiger partial charge in [-0.05, 0) is 62.9 Å². The van der Waals surface area contributed by atoms with Crippen LogP contribution in [0.2, 0.25) is 0 Å². The number of ketones is 1. The van der Waals surface area contributed by atoms with Gasteiger partial charge in [0.05, 0.1) is 12.2 Å². The number of allylic oxidation sites excluding steroid dienone is 2. The van der Waals surface area contributed by atoms with Crippen LogP contribution in [0.15, 0.2) is 42.3 Å². The number of amides is 1. The SMILES string of the molecule is CCOC(=O)OC1=C(c2c(C)cc(C)cc2C)C(=O)C(CCNC(=O)c2ccccn2)C1. The lowest BCUT2D eigenvalue weighted by Crippen LogP contribution is -2.27. The van der Waals surface area contributed by atoms with E-state index < -0.39 is 12.1 Å². The highest BCUT2D eigenvalue weighted by molar-refractivity contribution is 6.25. The van der Waals surface area contributed by atoms with Crippen molar-refractivity contribution >= 4 is 23.4 Å². The Bertz CT molecular complexity index is 1040. The van der Waals surface area contributed by atoms with Crippen LogP contribution in [0, 0.1) is 26.7 Å². The maximum Gasteiger partial charge on any atom is 0.513 e. The number of benzene rings is 1. The second-order valence-corrected chi connectivity index (χ2v) is 7.88. The van der Waals surface area contributed by atoms with E-state index in [1.807, 2.05) is 32.9 Å². The van der Waals surface area contributed by atoms with Crippen molar-refractivity contribution in [1.82, 2.24) is 10.3 Å². The monoisotopic (exact) mass is 436 g/mol. The van der Waals surface area contributed by atoms with E-state index in [-0.39, 0.29) is 24.7 Å². The summed E-state index contributed by atoms with van der Waals surface area (Å²) in [7, 11) is 0. The van der Waals surface area contributed by atoms with Crippen molar-refractivity contribution in [3.63, 3.8) is 0 Å². The minimum absolute atomic E-state index is 0.0913. The maximum atomic E-state index is 13.4. The molecule has 1 aromatic heterocycles. The predicted molar refractivity (Wildman–Crippen MR) is 120 cm³/mol. The van der Waals surface area contributed by atoms with Crippen LogP contribution in [-0.4, -0.2) is 36.0 Å². The smallest absolute Gasteiger partial charge is 0.434 e. The summed E-state index contributed by atoms with van der Waals surface area (Å²) in [5.41, 5.74) is 4.52. The Balaban J connectivity index is 1.79. The van der Waals surface area contributed by atoms with Crippen molar-refractivity contribution in [2.24, 2.45) is 5.92 Å². The van der Waals surface area contributed by atoms with Gasteiger partial charge in [0.15, 0.2) is 5.78 Å². The molecule has 0 aliphatic heterocycles. The Hall–Kier alpha value is -3.48. The molecule has 1 unspecified atom stereocenters. The lowest BCUT2D eigenvalue weighted by atomic mass is 9.90. The van der Waals surface area contributed by atoms with Gasteiger partial charge in [-0.25, -0.2) is 4.79 Å². The minimum atomic E-state index is -0.820. The highest BCUT2D eigenvalue weighted by atomic mass is 16.7. The van der Waals surface area contributed by atoms with Gasteiger partial charge in [0.25, 0.3) is 5.91 Å². The summed E-state index contributed by atoms with van der Waals surface area (Å²) in [5, 5.41) is 2.80. The molecular formula is C25H28N2O5. The number of carbonyl (C=O) groups excluding carboxylic acids is 3. The van der Waals surface area contributed by atoms with Gasteiger partial charge in [-0.2, -0.15) is 0 Å². The number of pyridine rings is 1. The number of aryl methyl sites for hydroxylation is 3. The maximum absolute atomic E-state index is 13.4. The zero-order valence-corrected chi connectivity index (χ0v) is 18.9. The molecule has 32 heavy (non-hydrogen) atoms. The molecule has 1 aliphatic rings. The van der Waals surface area contributed by atoms with E-state index in [4.69, 9.17) is 9.47 Å². The normalized spacial score (nSPS) is 15.6. The molecule has 0 bridgehead atoms. The van der Waals surface area contributed by atoms with E-state index in [1.165, 1.54) is 0 Å². The van der Waals surface area contributed by atoms with E-state index >= 15 is 0 Å². The van der Waals surface area contributed by atoms with Gasteiger partial charge in [-0.15, -0.1) is 0 Å². The standard InChI is InChI=1S/C25H28N2O5/c1-5-31-25(30)32-20-14-18(9-11-27-24(29)19-8-6-7-10-26-19)23(28)22(20)21-16(3)12-15(2)13-17(21)4/h6-8,10,12-13,18H,5,9,11,14H2,1-4H3,(H,27,29). The largest absolute Gasteiger partial charge is 0.513 e.